The maximum Gasteiger partial charge on any atom is 0 e. The van der Waals surface area contributed by atoms with Gasteiger partial charge < -0.3 is 13.2 Å². The van der Waals surface area contributed by atoms with Crippen LogP contribution >= 0.6 is 0 Å². The molecule has 0 bridgehead atoms. The van der Waals surface area contributed by atoms with Gasteiger partial charge in [0.2, 0.25) is 0 Å². The molecular formula is C4H6Au-2. The van der Waals surface area contributed by atoms with E-state index in [0.29, 0.717) is 0 Å². The zero-order chi connectivity index (χ0) is 4.00. The van der Waals surface area contributed by atoms with Gasteiger partial charge in [-0.25, -0.2) is 0 Å². The summed E-state index contributed by atoms with van der Waals surface area (Å²) in [6, 6.07) is 0. The minimum atomic E-state index is 0. The Morgan fingerprint density at radius 3 is 0.800 bits per heavy atom. The van der Waals surface area contributed by atoms with E-state index >= 15 is 0 Å². The number of hydrogen-bond donors (Lipinski definition) is 0. The first-order valence-corrected chi connectivity index (χ1v) is 0.816. The van der Waals surface area contributed by atoms with Crippen molar-refractivity contribution in [3.63, 3.8) is 0 Å². The van der Waals surface area contributed by atoms with Crippen molar-refractivity contribution in [3.05, 3.63) is 26.3 Å². The molecule has 0 heterocycles. The Balaban J connectivity index is -0.0000000133. The van der Waals surface area contributed by atoms with Crippen LogP contribution in [0.1, 0.15) is 0 Å². The Hall–Kier alpha value is 0.220. The molecule has 0 nitrogen and oxygen atoms in total. The van der Waals surface area contributed by atoms with Crippen LogP contribution in [0, 0.1) is 13.2 Å². The quantitative estimate of drug-likeness (QED) is 0.448. The fourth-order valence-electron chi connectivity index (χ4n) is 0. The summed E-state index contributed by atoms with van der Waals surface area (Å²) in [5.74, 6) is 0. The van der Waals surface area contributed by atoms with Gasteiger partial charge in [0, 0.05) is 22.4 Å². The standard InChI is InChI=1S/2C2H3.Au/c2*1-2;/h2*1H,2H2;/q2*-1;. The van der Waals surface area contributed by atoms with E-state index in [1.54, 1.807) is 0 Å². The van der Waals surface area contributed by atoms with Gasteiger partial charge in [-0.3, -0.25) is 13.2 Å². The molecule has 1 radical (unpaired) electrons. The van der Waals surface area contributed by atoms with Crippen molar-refractivity contribution in [2.24, 2.45) is 0 Å². The van der Waals surface area contributed by atoms with Crippen molar-refractivity contribution in [3.8, 4) is 0 Å². The van der Waals surface area contributed by atoms with E-state index in [1.807, 2.05) is 0 Å². The number of rotatable bonds is 0. The smallest absolute Gasteiger partial charge is 0 e. The first-order valence-electron chi connectivity index (χ1n) is 0.816. The summed E-state index contributed by atoms with van der Waals surface area (Å²) in [6.07, 6.45) is 0. The third kappa shape index (κ3) is 429. The van der Waals surface area contributed by atoms with Gasteiger partial charge >= 0.3 is 0 Å². The maximum atomic E-state index is 4.25. The van der Waals surface area contributed by atoms with Crippen LogP contribution in [-0.4, -0.2) is 0 Å². The zero-order valence-corrected chi connectivity index (χ0v) is 5.04. The average molecular weight is 251 g/mol. The molecule has 35 valence electrons. The van der Waals surface area contributed by atoms with Crippen molar-refractivity contribution in [1.29, 1.82) is 0 Å². The molecule has 0 saturated carbocycles. The molecular weight excluding hydrogens is 245 g/mol. The predicted molar refractivity (Wildman–Crippen MR) is 19.9 cm³/mol. The van der Waals surface area contributed by atoms with E-state index in [0.717, 1.165) is 0 Å². The third-order valence-electron chi connectivity index (χ3n) is 0. The van der Waals surface area contributed by atoms with Crippen LogP contribution in [-0.2, 0) is 22.4 Å². The molecule has 0 N–H and O–H groups in total. The summed E-state index contributed by atoms with van der Waals surface area (Å²) < 4.78 is 0. The molecule has 0 aliphatic carbocycles. The molecule has 0 amide bonds. The molecule has 0 saturated heterocycles. The molecule has 5 heavy (non-hydrogen) atoms. The molecule has 0 aromatic carbocycles. The summed E-state index contributed by atoms with van der Waals surface area (Å²) in [7, 11) is 0. The van der Waals surface area contributed by atoms with Crippen LogP contribution in [0.15, 0.2) is 13.2 Å². The van der Waals surface area contributed by atoms with Gasteiger partial charge in [-0.2, -0.15) is 0 Å². The monoisotopic (exact) mass is 251 g/mol. The Labute approximate surface area is 49.1 Å². The Kier molecular flexibility index (Phi) is 3400. The molecule has 0 spiro atoms. The predicted octanol–water partition coefficient (Wildman–Crippen LogP) is 1.21. The fraction of sp³-hybridized carbons (Fsp3) is 0. The van der Waals surface area contributed by atoms with E-state index in [9.17, 15) is 0 Å². The summed E-state index contributed by atoms with van der Waals surface area (Å²) >= 11 is 0. The van der Waals surface area contributed by atoms with E-state index in [4.69, 9.17) is 0 Å². The summed E-state index contributed by atoms with van der Waals surface area (Å²) in [4.78, 5) is 0. The van der Waals surface area contributed by atoms with Crippen LogP contribution in [0.3, 0.4) is 0 Å². The van der Waals surface area contributed by atoms with Crippen LogP contribution in [0.4, 0.5) is 0 Å². The van der Waals surface area contributed by atoms with E-state index in [1.165, 1.54) is 0 Å². The van der Waals surface area contributed by atoms with Crippen molar-refractivity contribution in [2.45, 2.75) is 0 Å². The topological polar surface area (TPSA) is 0 Å². The second-order valence-electron chi connectivity index (χ2n) is 0. The first kappa shape index (κ1) is 18.9. The molecule has 0 rings (SSSR count). The SMILES string of the molecule is [Au].[CH-]=C.[CH-]=C. The first-order chi connectivity index (χ1) is 2.00. The van der Waals surface area contributed by atoms with Crippen molar-refractivity contribution < 1.29 is 22.4 Å². The molecule has 0 aromatic rings. The molecule has 1 heteroatoms. The minimum absolute atomic E-state index is 0. The van der Waals surface area contributed by atoms with Crippen molar-refractivity contribution in [1.82, 2.24) is 0 Å². The normalized spacial score (nSPS) is 1.60. The van der Waals surface area contributed by atoms with Gasteiger partial charge in [-0.1, -0.05) is 0 Å². The van der Waals surface area contributed by atoms with Crippen LogP contribution in [0.5, 0.6) is 0 Å². The molecule has 0 unspecified atom stereocenters. The van der Waals surface area contributed by atoms with E-state index in [-0.39, 0.29) is 22.4 Å². The van der Waals surface area contributed by atoms with Gasteiger partial charge in [0.05, 0.1) is 0 Å². The fourth-order valence-corrected chi connectivity index (χ4v) is 0. The Morgan fingerprint density at radius 2 is 0.800 bits per heavy atom. The van der Waals surface area contributed by atoms with E-state index < -0.39 is 0 Å². The van der Waals surface area contributed by atoms with E-state index in [2.05, 4.69) is 26.3 Å². The maximum absolute atomic E-state index is 4.25. The summed E-state index contributed by atoms with van der Waals surface area (Å²) in [5, 5.41) is 0. The van der Waals surface area contributed by atoms with Crippen LogP contribution in [0.2, 0.25) is 0 Å². The second kappa shape index (κ2) is 902. The Bertz CT molecular complexity index is 5.61. The average Bonchev–Trinajstić information content (AvgIpc) is 1.50. The molecule has 0 aromatic heterocycles. The summed E-state index contributed by atoms with van der Waals surface area (Å²) in [6.45, 7) is 14.0. The van der Waals surface area contributed by atoms with Gasteiger partial charge in [0.25, 0.3) is 0 Å². The number of hydrogen-bond acceptors (Lipinski definition) is 0. The zero-order valence-electron chi connectivity index (χ0n) is 2.87. The summed E-state index contributed by atoms with van der Waals surface area (Å²) in [5.41, 5.74) is 0. The van der Waals surface area contributed by atoms with Gasteiger partial charge in [0.1, 0.15) is 0 Å². The van der Waals surface area contributed by atoms with Crippen molar-refractivity contribution in [2.75, 3.05) is 0 Å². The third-order valence-corrected chi connectivity index (χ3v) is 0. The molecule has 0 aliphatic heterocycles. The van der Waals surface area contributed by atoms with Crippen LogP contribution in [0.25, 0.3) is 0 Å². The van der Waals surface area contributed by atoms with Gasteiger partial charge in [0.15, 0.2) is 0 Å². The minimum Gasteiger partial charge on any atom is -0.521 e. The largest absolute Gasteiger partial charge is 0.521 e. The molecule has 0 atom stereocenters. The van der Waals surface area contributed by atoms with Gasteiger partial charge in [-0.15, -0.1) is 0 Å². The Morgan fingerprint density at radius 1 is 0.800 bits per heavy atom. The van der Waals surface area contributed by atoms with Crippen LogP contribution < -0.4 is 0 Å². The van der Waals surface area contributed by atoms with Crippen molar-refractivity contribution >= 4 is 0 Å². The molecule has 0 aliphatic rings. The second-order valence-corrected chi connectivity index (χ2v) is 0. The molecule has 0 fully saturated rings. The van der Waals surface area contributed by atoms with Gasteiger partial charge in [-0.05, 0) is 0 Å².